The lowest BCUT2D eigenvalue weighted by Crippen LogP contribution is -2.51. The molecule has 2 heterocycles. The van der Waals surface area contributed by atoms with Crippen LogP contribution in [0.15, 0.2) is 30.6 Å². The number of anilines is 2. The monoisotopic (exact) mass is 385 g/mol. The lowest BCUT2D eigenvalue weighted by molar-refractivity contribution is -0.129. The van der Waals surface area contributed by atoms with Gasteiger partial charge in [-0.2, -0.15) is 5.10 Å². The summed E-state index contributed by atoms with van der Waals surface area (Å²) in [5.41, 5.74) is 2.53. The zero-order chi connectivity index (χ0) is 20.6. The molecule has 0 unspecified atom stereocenters. The average molecular weight is 385 g/mol. The third kappa shape index (κ3) is 3.55. The van der Waals surface area contributed by atoms with Gasteiger partial charge in [0.25, 0.3) is 0 Å². The largest absolute Gasteiger partial charge is 0.465 e. The van der Waals surface area contributed by atoms with Crippen molar-refractivity contribution in [2.45, 2.75) is 26.4 Å². The highest BCUT2D eigenvalue weighted by molar-refractivity contribution is 6.02. The maximum absolute atomic E-state index is 12.1. The molecule has 1 aliphatic rings. The summed E-state index contributed by atoms with van der Waals surface area (Å²) in [4.78, 5) is 40.0. The molecule has 1 aliphatic heterocycles. The summed E-state index contributed by atoms with van der Waals surface area (Å²) < 4.78 is 1.54. The van der Waals surface area contributed by atoms with Crippen LogP contribution >= 0.6 is 0 Å². The van der Waals surface area contributed by atoms with Gasteiger partial charge in [0.2, 0.25) is 11.8 Å². The predicted molar refractivity (Wildman–Crippen MR) is 104 cm³/mol. The van der Waals surface area contributed by atoms with Crippen molar-refractivity contribution < 1.29 is 19.5 Å². The second kappa shape index (κ2) is 7.34. The molecule has 0 spiro atoms. The number of rotatable bonds is 3. The molecule has 0 saturated heterocycles. The van der Waals surface area contributed by atoms with Gasteiger partial charge in [-0.25, -0.2) is 4.79 Å². The van der Waals surface area contributed by atoms with E-state index in [9.17, 15) is 19.5 Å². The van der Waals surface area contributed by atoms with Gasteiger partial charge in [-0.05, 0) is 24.6 Å². The number of nitrogens with zero attached hydrogens (tertiary/aromatic N) is 5. The normalized spacial score (nSPS) is 15.9. The van der Waals surface area contributed by atoms with E-state index in [2.05, 4.69) is 5.10 Å². The Bertz CT molecular complexity index is 936. The van der Waals surface area contributed by atoms with E-state index in [0.717, 1.165) is 11.1 Å². The fourth-order valence-electron chi connectivity index (χ4n) is 3.34. The Balaban J connectivity index is 1.99. The molecule has 1 aromatic heterocycles. The van der Waals surface area contributed by atoms with Crippen molar-refractivity contribution in [2.24, 2.45) is 0 Å². The highest BCUT2D eigenvalue weighted by atomic mass is 16.4. The quantitative estimate of drug-likeness (QED) is 0.870. The number of carboxylic acid groups (broad SMARTS) is 1. The van der Waals surface area contributed by atoms with Crippen molar-refractivity contribution >= 4 is 29.3 Å². The third-order valence-corrected chi connectivity index (χ3v) is 4.75. The second-order valence-corrected chi connectivity index (χ2v) is 7.05. The minimum absolute atomic E-state index is 0.0803. The number of hydrogen-bond acceptors (Lipinski definition) is 4. The van der Waals surface area contributed by atoms with Gasteiger partial charge in [0.15, 0.2) is 0 Å². The van der Waals surface area contributed by atoms with E-state index < -0.39 is 6.09 Å². The van der Waals surface area contributed by atoms with Crippen LogP contribution in [-0.4, -0.2) is 64.4 Å². The van der Waals surface area contributed by atoms with Gasteiger partial charge in [-0.3, -0.25) is 19.2 Å². The zero-order valence-electron chi connectivity index (χ0n) is 16.3. The van der Waals surface area contributed by atoms with Crippen LogP contribution in [-0.2, 0) is 16.1 Å². The Morgan fingerprint density at radius 1 is 1.21 bits per heavy atom. The topological polar surface area (TPSA) is 99.0 Å². The molecule has 0 fully saturated rings. The first-order valence-electron chi connectivity index (χ1n) is 8.86. The van der Waals surface area contributed by atoms with Gasteiger partial charge in [-0.15, -0.1) is 0 Å². The highest BCUT2D eigenvalue weighted by Crippen LogP contribution is 2.38. The first-order valence-corrected chi connectivity index (χ1v) is 8.86. The van der Waals surface area contributed by atoms with Crippen LogP contribution in [0.4, 0.5) is 16.2 Å². The van der Waals surface area contributed by atoms with E-state index in [1.54, 1.807) is 43.5 Å². The molecule has 0 bridgehead atoms. The Morgan fingerprint density at radius 2 is 1.93 bits per heavy atom. The zero-order valence-corrected chi connectivity index (χ0v) is 16.3. The molecule has 1 N–H and O–H groups in total. The number of likely N-dealkylation sites (N-methyl/N-ethyl adjacent to an activating group) is 1. The summed E-state index contributed by atoms with van der Waals surface area (Å²) in [7, 11) is 3.36. The molecule has 3 amide bonds. The van der Waals surface area contributed by atoms with Gasteiger partial charge in [0.05, 0.1) is 23.6 Å². The van der Waals surface area contributed by atoms with Gasteiger partial charge >= 0.3 is 6.09 Å². The lowest BCUT2D eigenvalue weighted by Gasteiger charge is -2.39. The molecule has 0 saturated carbocycles. The summed E-state index contributed by atoms with van der Waals surface area (Å²) in [5.74, 6) is -0.218. The minimum Gasteiger partial charge on any atom is -0.465 e. The summed E-state index contributed by atoms with van der Waals surface area (Å²) in [5, 5.41) is 13.8. The highest BCUT2D eigenvalue weighted by Gasteiger charge is 2.33. The number of carbonyl (C=O) groups excluding carboxylic acids is 2. The van der Waals surface area contributed by atoms with E-state index in [-0.39, 0.29) is 30.9 Å². The van der Waals surface area contributed by atoms with Crippen LogP contribution in [0.2, 0.25) is 0 Å². The Kier molecular flexibility index (Phi) is 5.08. The van der Waals surface area contributed by atoms with Gasteiger partial charge in [-0.1, -0.05) is 6.07 Å². The Morgan fingerprint density at radius 3 is 2.54 bits per heavy atom. The number of fused-ring (bicyclic) bond motifs is 1. The standard InChI is InChI=1S/C19H23N5O4/c1-12-9-23(19(27)28)17-7-14(5-6-16(17)24(12)13(2)25)15-8-20-22(10-15)11-18(26)21(3)4/h5-8,10,12H,9,11H2,1-4H3,(H,27,28)/t12-/m0/s1. The van der Waals surface area contributed by atoms with Crippen LogP contribution < -0.4 is 9.80 Å². The molecule has 1 atom stereocenters. The van der Waals surface area contributed by atoms with Gasteiger partial charge in [0.1, 0.15) is 6.54 Å². The fraction of sp³-hybridized carbons (Fsp3) is 0.368. The molecule has 0 aliphatic carbocycles. The summed E-state index contributed by atoms with van der Waals surface area (Å²) >= 11 is 0. The summed E-state index contributed by atoms with van der Waals surface area (Å²) in [6, 6.07) is 5.05. The third-order valence-electron chi connectivity index (χ3n) is 4.75. The molecule has 9 nitrogen and oxygen atoms in total. The number of amides is 3. The molecular formula is C19H23N5O4. The van der Waals surface area contributed by atoms with Crippen LogP contribution in [0.5, 0.6) is 0 Å². The van der Waals surface area contributed by atoms with Crippen molar-refractivity contribution in [3.05, 3.63) is 30.6 Å². The van der Waals surface area contributed by atoms with Crippen molar-refractivity contribution in [3.8, 4) is 11.1 Å². The molecular weight excluding hydrogens is 362 g/mol. The van der Waals surface area contributed by atoms with Crippen LogP contribution in [0, 0.1) is 0 Å². The molecule has 2 aromatic rings. The molecule has 3 rings (SSSR count). The Labute approximate surface area is 162 Å². The average Bonchev–Trinajstić information content (AvgIpc) is 3.08. The molecule has 148 valence electrons. The predicted octanol–water partition coefficient (Wildman–Crippen LogP) is 1.88. The SMILES string of the molecule is CC(=O)N1c2ccc(-c3cnn(CC(=O)N(C)C)c3)cc2N(C(=O)O)C[C@@H]1C. The first kappa shape index (κ1) is 19.4. The van der Waals surface area contributed by atoms with E-state index >= 15 is 0 Å². The van der Waals surface area contributed by atoms with Crippen molar-refractivity contribution in [2.75, 3.05) is 30.4 Å². The Hall–Kier alpha value is -3.36. The molecule has 0 radical (unpaired) electrons. The smallest absolute Gasteiger partial charge is 0.411 e. The van der Waals surface area contributed by atoms with Crippen molar-refractivity contribution in [3.63, 3.8) is 0 Å². The molecule has 28 heavy (non-hydrogen) atoms. The van der Waals surface area contributed by atoms with Crippen LogP contribution in [0.3, 0.4) is 0 Å². The number of hydrogen-bond donors (Lipinski definition) is 1. The number of benzene rings is 1. The van der Waals surface area contributed by atoms with Gasteiger partial charge < -0.3 is 14.9 Å². The maximum atomic E-state index is 12.1. The lowest BCUT2D eigenvalue weighted by atomic mass is 10.0. The van der Waals surface area contributed by atoms with Crippen molar-refractivity contribution in [1.29, 1.82) is 0 Å². The summed E-state index contributed by atoms with van der Waals surface area (Å²) in [6.07, 6.45) is 2.30. The van der Waals surface area contributed by atoms with Crippen molar-refractivity contribution in [1.82, 2.24) is 14.7 Å². The number of aromatic nitrogens is 2. The second-order valence-electron chi connectivity index (χ2n) is 7.05. The number of carbonyl (C=O) groups is 3. The van der Waals surface area contributed by atoms with E-state index in [1.807, 2.05) is 13.0 Å². The van der Waals surface area contributed by atoms with E-state index in [0.29, 0.717) is 11.4 Å². The molecule has 9 heteroatoms. The minimum atomic E-state index is -1.07. The maximum Gasteiger partial charge on any atom is 0.411 e. The fourth-order valence-corrected chi connectivity index (χ4v) is 3.34. The van der Waals surface area contributed by atoms with Crippen LogP contribution in [0.1, 0.15) is 13.8 Å². The van der Waals surface area contributed by atoms with E-state index in [4.69, 9.17) is 0 Å². The summed E-state index contributed by atoms with van der Waals surface area (Å²) in [6.45, 7) is 3.60. The van der Waals surface area contributed by atoms with Crippen LogP contribution in [0.25, 0.3) is 11.1 Å². The van der Waals surface area contributed by atoms with E-state index in [1.165, 1.54) is 21.4 Å². The first-order chi connectivity index (χ1) is 13.2. The molecule has 1 aromatic carbocycles. The van der Waals surface area contributed by atoms with Gasteiger partial charge in [0, 0.05) is 39.3 Å².